The summed E-state index contributed by atoms with van der Waals surface area (Å²) in [5.74, 6) is 1.08. The number of anilines is 1. The number of nitrogens with zero attached hydrogens (tertiary/aromatic N) is 1. The highest BCUT2D eigenvalue weighted by atomic mass is 35.5. The molecule has 1 aliphatic heterocycles. The molecule has 104 valence electrons. The first-order chi connectivity index (χ1) is 9.79. The van der Waals surface area contributed by atoms with Crippen LogP contribution in [0.3, 0.4) is 0 Å². The molecular formula is C17H17Cl2N. The molecule has 0 aliphatic carbocycles. The highest BCUT2D eigenvalue weighted by Crippen LogP contribution is 2.37. The van der Waals surface area contributed by atoms with E-state index in [9.17, 15) is 0 Å². The molecule has 1 nitrogen and oxygen atoms in total. The molecule has 1 heterocycles. The molecule has 0 N–H and O–H groups in total. The van der Waals surface area contributed by atoms with Gasteiger partial charge in [0.1, 0.15) is 0 Å². The standard InChI is InChI=1S/C17H17Cl2N/c18-11-14-7-4-8-16(19)17(14)20-10-9-15(12-20)13-5-2-1-3-6-13/h1-8,15H,9-12H2. The summed E-state index contributed by atoms with van der Waals surface area (Å²) in [7, 11) is 0. The molecule has 20 heavy (non-hydrogen) atoms. The smallest absolute Gasteiger partial charge is 0.0642 e. The predicted octanol–water partition coefficient (Wildman–Crippen LogP) is 5.07. The molecule has 2 aromatic carbocycles. The van der Waals surface area contributed by atoms with E-state index in [1.165, 1.54) is 5.56 Å². The van der Waals surface area contributed by atoms with E-state index in [4.69, 9.17) is 23.2 Å². The van der Waals surface area contributed by atoms with Crippen molar-refractivity contribution in [2.45, 2.75) is 18.2 Å². The lowest BCUT2D eigenvalue weighted by Gasteiger charge is -2.23. The second kappa shape index (κ2) is 6.07. The number of benzene rings is 2. The van der Waals surface area contributed by atoms with Gasteiger partial charge in [-0.2, -0.15) is 0 Å². The van der Waals surface area contributed by atoms with Gasteiger partial charge in [0.25, 0.3) is 0 Å². The van der Waals surface area contributed by atoms with Crippen molar-refractivity contribution in [2.75, 3.05) is 18.0 Å². The Hall–Kier alpha value is -1.18. The van der Waals surface area contributed by atoms with Gasteiger partial charge in [0.05, 0.1) is 10.7 Å². The van der Waals surface area contributed by atoms with E-state index >= 15 is 0 Å². The topological polar surface area (TPSA) is 3.24 Å². The predicted molar refractivity (Wildman–Crippen MR) is 87.0 cm³/mol. The van der Waals surface area contributed by atoms with Gasteiger partial charge < -0.3 is 4.90 Å². The molecule has 1 fully saturated rings. The summed E-state index contributed by atoms with van der Waals surface area (Å²) in [6, 6.07) is 16.7. The Morgan fingerprint density at radius 2 is 1.85 bits per heavy atom. The minimum absolute atomic E-state index is 0.502. The molecule has 1 atom stereocenters. The van der Waals surface area contributed by atoms with Crippen molar-refractivity contribution in [3.05, 3.63) is 64.7 Å². The Bertz CT molecular complexity index is 583. The fourth-order valence-corrected chi connectivity index (χ4v) is 3.51. The average molecular weight is 306 g/mol. The molecule has 2 aromatic rings. The number of alkyl halides is 1. The van der Waals surface area contributed by atoms with Gasteiger partial charge >= 0.3 is 0 Å². The van der Waals surface area contributed by atoms with Crippen LogP contribution in [0, 0.1) is 0 Å². The molecule has 0 aromatic heterocycles. The summed E-state index contributed by atoms with van der Waals surface area (Å²) in [4.78, 5) is 2.37. The summed E-state index contributed by atoms with van der Waals surface area (Å²) in [5.41, 5.74) is 3.64. The first-order valence-corrected chi connectivity index (χ1v) is 7.84. The third-order valence-corrected chi connectivity index (χ3v) is 4.58. The molecular weight excluding hydrogens is 289 g/mol. The molecule has 0 amide bonds. The van der Waals surface area contributed by atoms with Crippen molar-refractivity contribution in [3.63, 3.8) is 0 Å². The maximum Gasteiger partial charge on any atom is 0.0642 e. The van der Waals surface area contributed by atoms with Crippen molar-refractivity contribution in [2.24, 2.45) is 0 Å². The van der Waals surface area contributed by atoms with Crippen LogP contribution in [0.2, 0.25) is 5.02 Å². The number of halogens is 2. The van der Waals surface area contributed by atoms with Crippen molar-refractivity contribution < 1.29 is 0 Å². The fourth-order valence-electron chi connectivity index (χ4n) is 2.98. The lowest BCUT2D eigenvalue weighted by molar-refractivity contribution is 0.775. The first kappa shape index (κ1) is 13.8. The fraction of sp³-hybridized carbons (Fsp3) is 0.294. The van der Waals surface area contributed by atoms with Crippen LogP contribution >= 0.6 is 23.2 Å². The maximum absolute atomic E-state index is 6.38. The van der Waals surface area contributed by atoms with E-state index in [-0.39, 0.29) is 0 Å². The second-order valence-corrected chi connectivity index (χ2v) is 5.90. The van der Waals surface area contributed by atoms with Crippen molar-refractivity contribution >= 4 is 28.9 Å². The second-order valence-electron chi connectivity index (χ2n) is 5.22. The molecule has 1 unspecified atom stereocenters. The molecule has 0 saturated carbocycles. The van der Waals surface area contributed by atoms with Gasteiger partial charge in [-0.25, -0.2) is 0 Å². The minimum atomic E-state index is 0.502. The zero-order valence-electron chi connectivity index (χ0n) is 11.2. The van der Waals surface area contributed by atoms with Crippen LogP contribution in [-0.4, -0.2) is 13.1 Å². The van der Waals surface area contributed by atoms with Gasteiger partial charge in [-0.15, -0.1) is 11.6 Å². The Kier molecular flexibility index (Phi) is 4.18. The third kappa shape index (κ3) is 2.65. The van der Waals surface area contributed by atoms with Crippen LogP contribution in [0.1, 0.15) is 23.5 Å². The molecule has 1 aliphatic rings. The molecule has 0 bridgehead atoms. The van der Waals surface area contributed by atoms with Crippen molar-refractivity contribution in [3.8, 4) is 0 Å². The highest BCUT2D eigenvalue weighted by Gasteiger charge is 2.26. The summed E-state index contributed by atoms with van der Waals surface area (Å²) in [6.45, 7) is 2.05. The van der Waals surface area contributed by atoms with E-state index in [0.717, 1.165) is 35.8 Å². The lowest BCUT2D eigenvalue weighted by atomic mass is 9.99. The Labute approximate surface area is 130 Å². The molecule has 0 radical (unpaired) electrons. The normalized spacial score (nSPS) is 18.5. The van der Waals surface area contributed by atoms with Crippen LogP contribution < -0.4 is 4.90 Å². The number of rotatable bonds is 3. The zero-order valence-corrected chi connectivity index (χ0v) is 12.7. The van der Waals surface area contributed by atoms with Crippen LogP contribution in [0.25, 0.3) is 0 Å². The van der Waals surface area contributed by atoms with Gasteiger partial charge in [0.15, 0.2) is 0 Å². The largest absolute Gasteiger partial charge is 0.369 e. The summed E-state index contributed by atoms with van der Waals surface area (Å²) >= 11 is 12.4. The quantitative estimate of drug-likeness (QED) is 0.715. The van der Waals surface area contributed by atoms with E-state index in [2.05, 4.69) is 41.3 Å². The lowest BCUT2D eigenvalue weighted by Crippen LogP contribution is -2.21. The van der Waals surface area contributed by atoms with Crippen LogP contribution in [0.4, 0.5) is 5.69 Å². The molecule has 1 saturated heterocycles. The maximum atomic E-state index is 6.38. The number of hydrogen-bond donors (Lipinski definition) is 0. The highest BCUT2D eigenvalue weighted by molar-refractivity contribution is 6.33. The van der Waals surface area contributed by atoms with Crippen LogP contribution in [0.15, 0.2) is 48.5 Å². The Morgan fingerprint density at radius 1 is 1.05 bits per heavy atom. The van der Waals surface area contributed by atoms with E-state index in [1.807, 2.05) is 12.1 Å². The van der Waals surface area contributed by atoms with E-state index in [1.54, 1.807) is 0 Å². The van der Waals surface area contributed by atoms with Gasteiger partial charge in [0.2, 0.25) is 0 Å². The SMILES string of the molecule is ClCc1cccc(Cl)c1N1CCC(c2ccccc2)C1. The van der Waals surface area contributed by atoms with E-state index < -0.39 is 0 Å². The van der Waals surface area contributed by atoms with Gasteiger partial charge in [-0.1, -0.05) is 54.1 Å². The molecule has 3 heteroatoms. The summed E-state index contributed by atoms with van der Waals surface area (Å²) < 4.78 is 0. The van der Waals surface area contributed by atoms with Gasteiger partial charge in [0, 0.05) is 24.9 Å². The van der Waals surface area contributed by atoms with Crippen LogP contribution in [0.5, 0.6) is 0 Å². The zero-order chi connectivity index (χ0) is 13.9. The summed E-state index contributed by atoms with van der Waals surface area (Å²) in [6.07, 6.45) is 1.16. The first-order valence-electron chi connectivity index (χ1n) is 6.93. The monoisotopic (exact) mass is 305 g/mol. The van der Waals surface area contributed by atoms with Crippen molar-refractivity contribution in [1.29, 1.82) is 0 Å². The Balaban J connectivity index is 1.84. The van der Waals surface area contributed by atoms with E-state index in [0.29, 0.717) is 11.8 Å². The molecule has 0 spiro atoms. The average Bonchev–Trinajstić information content (AvgIpc) is 2.97. The Morgan fingerprint density at radius 3 is 2.60 bits per heavy atom. The number of hydrogen-bond acceptors (Lipinski definition) is 1. The van der Waals surface area contributed by atoms with Crippen LogP contribution in [-0.2, 0) is 5.88 Å². The third-order valence-electron chi connectivity index (χ3n) is 3.99. The van der Waals surface area contributed by atoms with Crippen molar-refractivity contribution in [1.82, 2.24) is 0 Å². The number of para-hydroxylation sites is 1. The summed E-state index contributed by atoms with van der Waals surface area (Å²) in [5, 5.41) is 0.803. The van der Waals surface area contributed by atoms with Gasteiger partial charge in [-0.05, 0) is 23.6 Å². The minimum Gasteiger partial charge on any atom is -0.369 e. The molecule has 3 rings (SSSR count). The van der Waals surface area contributed by atoms with Gasteiger partial charge in [-0.3, -0.25) is 0 Å².